The van der Waals surface area contributed by atoms with E-state index in [1.807, 2.05) is 30.0 Å². The number of rotatable bonds is 7. The van der Waals surface area contributed by atoms with E-state index in [-0.39, 0.29) is 37.5 Å². The molecule has 0 radical (unpaired) electrons. The number of hydrogen-bond donors (Lipinski definition) is 2. The Bertz CT molecular complexity index is 491. The molecule has 0 spiro atoms. The molecule has 1 fully saturated rings. The van der Waals surface area contributed by atoms with Crippen LogP contribution in [0.15, 0.2) is 12.4 Å². The van der Waals surface area contributed by atoms with Crippen LogP contribution in [0.1, 0.15) is 5.56 Å². The van der Waals surface area contributed by atoms with Gasteiger partial charge in [-0.2, -0.15) is 5.10 Å². The molecule has 2 atom stereocenters. The van der Waals surface area contributed by atoms with Crippen LogP contribution < -0.4 is 0 Å². The van der Waals surface area contributed by atoms with Gasteiger partial charge in [0.1, 0.15) is 6.54 Å². The molecule has 0 aliphatic carbocycles. The molecule has 7 heteroatoms. The summed E-state index contributed by atoms with van der Waals surface area (Å²) in [4.78, 5) is 16.2. The van der Waals surface area contributed by atoms with Gasteiger partial charge in [-0.1, -0.05) is 0 Å². The Hall–Kier alpha value is -1.44. The number of likely N-dealkylation sites (N-methyl/N-ethyl adjacent to an activating group) is 1. The first-order chi connectivity index (χ1) is 10.5. The summed E-state index contributed by atoms with van der Waals surface area (Å²) in [5.74, 6) is 0.378. The second-order valence-electron chi connectivity index (χ2n) is 6.20. The first kappa shape index (κ1) is 16.9. The number of amides is 1. The van der Waals surface area contributed by atoms with Gasteiger partial charge in [-0.15, -0.1) is 0 Å². The minimum atomic E-state index is 0.0360. The van der Waals surface area contributed by atoms with Crippen molar-refractivity contribution in [2.45, 2.75) is 13.5 Å². The average molecular weight is 310 g/mol. The number of aliphatic hydroxyl groups is 2. The second kappa shape index (κ2) is 7.71. The quantitative estimate of drug-likeness (QED) is 0.688. The number of aryl methyl sites for hydroxylation is 1. The topological polar surface area (TPSA) is 81.8 Å². The summed E-state index contributed by atoms with van der Waals surface area (Å²) < 4.78 is 1.65. The van der Waals surface area contributed by atoms with Crippen LogP contribution in [0.2, 0.25) is 0 Å². The zero-order valence-electron chi connectivity index (χ0n) is 13.4. The molecule has 22 heavy (non-hydrogen) atoms. The van der Waals surface area contributed by atoms with E-state index in [9.17, 15) is 9.90 Å². The molecule has 7 nitrogen and oxygen atoms in total. The van der Waals surface area contributed by atoms with E-state index >= 15 is 0 Å². The maximum absolute atomic E-state index is 12.4. The van der Waals surface area contributed by atoms with Crippen LogP contribution in [-0.2, 0) is 11.3 Å². The summed E-state index contributed by atoms with van der Waals surface area (Å²) in [5, 5.41) is 22.7. The highest BCUT2D eigenvalue weighted by Crippen LogP contribution is 2.24. The van der Waals surface area contributed by atoms with Crippen molar-refractivity contribution < 1.29 is 15.0 Å². The minimum absolute atomic E-state index is 0.0360. The third-order valence-corrected chi connectivity index (χ3v) is 4.25. The Labute approximate surface area is 131 Å². The summed E-state index contributed by atoms with van der Waals surface area (Å²) in [5.41, 5.74) is 1.03. The molecule has 2 N–H and O–H groups in total. The van der Waals surface area contributed by atoms with Gasteiger partial charge < -0.3 is 20.0 Å². The largest absolute Gasteiger partial charge is 0.396 e. The highest BCUT2D eigenvalue weighted by atomic mass is 16.3. The second-order valence-corrected chi connectivity index (χ2v) is 6.20. The van der Waals surface area contributed by atoms with Gasteiger partial charge in [0.05, 0.1) is 12.8 Å². The number of aliphatic hydroxyl groups excluding tert-OH is 2. The normalized spacial score (nSPS) is 21.8. The molecule has 1 aromatic heterocycles. The van der Waals surface area contributed by atoms with Gasteiger partial charge in [0.2, 0.25) is 5.91 Å². The smallest absolute Gasteiger partial charge is 0.244 e. The van der Waals surface area contributed by atoms with E-state index in [1.165, 1.54) is 0 Å². The van der Waals surface area contributed by atoms with E-state index < -0.39 is 0 Å². The Kier molecular flexibility index (Phi) is 5.93. The Morgan fingerprint density at radius 2 is 2.14 bits per heavy atom. The Morgan fingerprint density at radius 3 is 2.73 bits per heavy atom. The molecular formula is C15H26N4O3. The molecule has 2 rings (SSSR count). The average Bonchev–Trinajstić information content (AvgIpc) is 3.05. The molecule has 1 saturated heterocycles. The van der Waals surface area contributed by atoms with E-state index in [1.54, 1.807) is 10.9 Å². The van der Waals surface area contributed by atoms with Crippen molar-refractivity contribution in [3.05, 3.63) is 18.0 Å². The number of hydrogen-bond acceptors (Lipinski definition) is 5. The van der Waals surface area contributed by atoms with Crippen LogP contribution in [0.4, 0.5) is 0 Å². The summed E-state index contributed by atoms with van der Waals surface area (Å²) in [6, 6.07) is 0. The fourth-order valence-electron chi connectivity index (χ4n) is 3.01. The van der Waals surface area contributed by atoms with Gasteiger partial charge in [-0.25, -0.2) is 0 Å². The van der Waals surface area contributed by atoms with Crippen LogP contribution in [0, 0.1) is 18.8 Å². The zero-order valence-corrected chi connectivity index (χ0v) is 13.4. The van der Waals surface area contributed by atoms with Gasteiger partial charge in [0.25, 0.3) is 0 Å². The van der Waals surface area contributed by atoms with Gasteiger partial charge in [-0.3, -0.25) is 9.48 Å². The lowest BCUT2D eigenvalue weighted by Gasteiger charge is -2.23. The first-order valence-corrected chi connectivity index (χ1v) is 7.70. The predicted molar refractivity (Wildman–Crippen MR) is 82.2 cm³/mol. The molecule has 2 heterocycles. The molecule has 1 aromatic rings. The third-order valence-electron chi connectivity index (χ3n) is 4.25. The van der Waals surface area contributed by atoms with Crippen molar-refractivity contribution in [3.63, 3.8) is 0 Å². The van der Waals surface area contributed by atoms with E-state index in [0.717, 1.165) is 12.1 Å². The fraction of sp³-hybridized carbons (Fsp3) is 0.733. The van der Waals surface area contributed by atoms with Crippen LogP contribution in [0.25, 0.3) is 0 Å². The van der Waals surface area contributed by atoms with Crippen LogP contribution >= 0.6 is 0 Å². The lowest BCUT2D eigenvalue weighted by molar-refractivity contribution is -0.131. The van der Waals surface area contributed by atoms with E-state index in [4.69, 9.17) is 5.11 Å². The number of nitrogens with zero attached hydrogens (tertiary/aromatic N) is 4. The van der Waals surface area contributed by atoms with Crippen molar-refractivity contribution in [2.75, 3.05) is 46.4 Å². The van der Waals surface area contributed by atoms with Crippen LogP contribution in [0.5, 0.6) is 0 Å². The summed E-state index contributed by atoms with van der Waals surface area (Å²) >= 11 is 0. The van der Waals surface area contributed by atoms with Gasteiger partial charge in [0, 0.05) is 44.9 Å². The zero-order chi connectivity index (χ0) is 16.1. The van der Waals surface area contributed by atoms with Gasteiger partial charge in [-0.05, 0) is 25.5 Å². The minimum Gasteiger partial charge on any atom is -0.396 e. The van der Waals surface area contributed by atoms with Gasteiger partial charge >= 0.3 is 0 Å². The first-order valence-electron chi connectivity index (χ1n) is 7.70. The lowest BCUT2D eigenvalue weighted by atomic mass is 9.96. The highest BCUT2D eigenvalue weighted by Gasteiger charge is 2.35. The summed E-state index contributed by atoms with van der Waals surface area (Å²) in [6.07, 6.45) is 3.59. The maximum Gasteiger partial charge on any atom is 0.244 e. The van der Waals surface area contributed by atoms with Crippen molar-refractivity contribution >= 4 is 5.91 Å². The molecule has 1 aliphatic heterocycles. The lowest BCUT2D eigenvalue weighted by Crippen LogP contribution is -2.34. The molecule has 124 valence electrons. The molecule has 0 unspecified atom stereocenters. The van der Waals surface area contributed by atoms with Crippen molar-refractivity contribution in [1.82, 2.24) is 19.6 Å². The Balaban J connectivity index is 1.91. The molecule has 0 saturated carbocycles. The molecule has 1 amide bonds. The standard InChI is InChI=1S/C15H26N4O3/c1-12-5-16-19(6-12)10-15(22)18-8-13(14(9-18)11-21)7-17(2)3-4-20/h5-6,13-14,20-21H,3-4,7-11H2,1-2H3/t13-,14-/m1/s1. The highest BCUT2D eigenvalue weighted by molar-refractivity contribution is 5.76. The third kappa shape index (κ3) is 4.28. The monoisotopic (exact) mass is 310 g/mol. The SMILES string of the molecule is Cc1cnn(CC(=O)N2C[C@@H](CN(C)CCO)[C@@H](CO)C2)c1. The number of aromatic nitrogens is 2. The number of carbonyl (C=O) groups is 1. The number of carbonyl (C=O) groups excluding carboxylic acids is 1. The Morgan fingerprint density at radius 1 is 1.41 bits per heavy atom. The maximum atomic E-state index is 12.4. The van der Waals surface area contributed by atoms with Crippen molar-refractivity contribution in [1.29, 1.82) is 0 Å². The van der Waals surface area contributed by atoms with E-state index in [0.29, 0.717) is 19.6 Å². The van der Waals surface area contributed by atoms with Crippen molar-refractivity contribution in [2.24, 2.45) is 11.8 Å². The van der Waals surface area contributed by atoms with Gasteiger partial charge in [0.15, 0.2) is 0 Å². The van der Waals surface area contributed by atoms with Crippen LogP contribution in [0.3, 0.4) is 0 Å². The number of likely N-dealkylation sites (tertiary alicyclic amines) is 1. The summed E-state index contributed by atoms with van der Waals surface area (Å²) in [7, 11) is 1.95. The molecule has 0 bridgehead atoms. The van der Waals surface area contributed by atoms with Crippen molar-refractivity contribution in [3.8, 4) is 0 Å². The fourth-order valence-corrected chi connectivity index (χ4v) is 3.01. The molecular weight excluding hydrogens is 284 g/mol. The van der Waals surface area contributed by atoms with E-state index in [2.05, 4.69) is 5.10 Å². The molecule has 0 aromatic carbocycles. The van der Waals surface area contributed by atoms with Crippen LogP contribution in [-0.4, -0.2) is 82.1 Å². The predicted octanol–water partition coefficient (Wildman–Crippen LogP) is -0.817. The summed E-state index contributed by atoms with van der Waals surface area (Å²) in [6.45, 7) is 5.01. The molecule has 1 aliphatic rings.